The van der Waals surface area contributed by atoms with E-state index in [9.17, 15) is 40.3 Å². The van der Waals surface area contributed by atoms with Crippen LogP contribution in [0.2, 0.25) is 5.02 Å². The Morgan fingerprint density at radius 1 is 0.974 bits per heavy atom. The van der Waals surface area contributed by atoms with E-state index in [1.807, 2.05) is 12.1 Å². The molecule has 1 atom stereocenters. The number of amides is 1. The smallest absolute Gasteiger partial charge is 0.261 e. The van der Waals surface area contributed by atoms with Gasteiger partial charge in [-0.3, -0.25) is 4.79 Å². The summed E-state index contributed by atoms with van der Waals surface area (Å²) in [4.78, 5) is 20.3. The van der Waals surface area contributed by atoms with E-state index in [4.69, 9.17) is 16.4 Å². The lowest BCUT2D eigenvalue weighted by atomic mass is 10.1. The van der Waals surface area contributed by atoms with E-state index in [0.29, 0.717) is 0 Å². The van der Waals surface area contributed by atoms with E-state index in [2.05, 4.69) is 5.32 Å². The summed E-state index contributed by atoms with van der Waals surface area (Å²) in [5.74, 6) is -14.3. The molecule has 3 N–H and O–H groups in total. The topological polar surface area (TPSA) is 113 Å². The van der Waals surface area contributed by atoms with E-state index < -0.39 is 67.2 Å². The molecule has 0 aromatic heterocycles. The number of nitrogens with one attached hydrogen (secondary N) is 2. The van der Waals surface area contributed by atoms with Crippen LogP contribution in [0.15, 0.2) is 41.3 Å². The molecule has 38 heavy (non-hydrogen) atoms. The number of phenolic OH excluding ortho intramolecular Hbond substituents is 1. The molecule has 0 aliphatic rings. The SMILES string of the molecule is C=O.CCC(Nc1cc(O)c(NC(=O)c2c(F)c(F)c(F)c(F)c2F)cc1Cl)S(=O)(=O)c1cccc(C)c1. The highest BCUT2D eigenvalue weighted by Gasteiger charge is 2.31. The van der Waals surface area contributed by atoms with Crippen LogP contribution in [-0.4, -0.2) is 31.6 Å². The van der Waals surface area contributed by atoms with Crippen molar-refractivity contribution in [3.05, 3.63) is 81.6 Å². The standard InChI is InChI=1S/C23H18ClF5N2O4S.CH2O/c1-3-16(36(34,35)11-6-4-5-10(2)7-11)30-13-9-15(32)14(8-12(13)24)31-23(33)17-18(25)20(27)22(29)21(28)19(17)26;1-2/h4-9,16,30,32H,3H2,1-2H3,(H,31,33);1H2. The molecule has 1 amide bonds. The molecule has 0 bridgehead atoms. The first-order valence-electron chi connectivity index (χ1n) is 10.5. The number of phenols is 1. The van der Waals surface area contributed by atoms with Crippen LogP contribution >= 0.6 is 11.6 Å². The maximum Gasteiger partial charge on any atom is 0.261 e. The molecule has 14 heteroatoms. The van der Waals surface area contributed by atoms with Gasteiger partial charge in [0.1, 0.15) is 23.5 Å². The molecular weight excluding hydrogens is 559 g/mol. The normalized spacial score (nSPS) is 11.8. The molecule has 3 aromatic rings. The lowest BCUT2D eigenvalue weighted by Gasteiger charge is -2.21. The molecule has 0 fully saturated rings. The summed E-state index contributed by atoms with van der Waals surface area (Å²) in [7, 11) is -3.89. The van der Waals surface area contributed by atoms with Gasteiger partial charge in [0.25, 0.3) is 5.91 Å². The number of aryl methyl sites for hydroxylation is 1. The van der Waals surface area contributed by atoms with Crippen LogP contribution in [0.25, 0.3) is 0 Å². The van der Waals surface area contributed by atoms with Crippen LogP contribution in [0.5, 0.6) is 5.75 Å². The molecule has 0 spiro atoms. The molecule has 0 aliphatic carbocycles. The number of aromatic hydroxyl groups is 1. The number of hydrogen-bond donors (Lipinski definition) is 3. The molecule has 0 saturated carbocycles. The van der Waals surface area contributed by atoms with Gasteiger partial charge in [-0.2, -0.15) is 0 Å². The van der Waals surface area contributed by atoms with E-state index in [1.165, 1.54) is 12.1 Å². The van der Waals surface area contributed by atoms with E-state index in [1.54, 1.807) is 26.0 Å². The summed E-state index contributed by atoms with van der Waals surface area (Å²) < 4.78 is 94.0. The second-order valence-electron chi connectivity index (χ2n) is 7.65. The molecule has 0 saturated heterocycles. The number of hydrogen-bond acceptors (Lipinski definition) is 6. The Balaban J connectivity index is 0.00000247. The fourth-order valence-electron chi connectivity index (χ4n) is 3.29. The molecule has 1 unspecified atom stereocenters. The Hall–Kier alpha value is -3.71. The first kappa shape index (κ1) is 30.5. The lowest BCUT2D eigenvalue weighted by molar-refractivity contribution is -0.0980. The Bertz CT molecular complexity index is 1460. The summed E-state index contributed by atoms with van der Waals surface area (Å²) in [6.45, 7) is 5.32. The first-order chi connectivity index (χ1) is 17.8. The Morgan fingerprint density at radius 2 is 1.53 bits per heavy atom. The predicted molar refractivity (Wildman–Crippen MR) is 130 cm³/mol. The fourth-order valence-corrected chi connectivity index (χ4v) is 5.18. The van der Waals surface area contributed by atoms with Gasteiger partial charge in [0.2, 0.25) is 5.82 Å². The summed E-state index contributed by atoms with van der Waals surface area (Å²) in [5, 5.41) is 13.4. The lowest BCUT2D eigenvalue weighted by Crippen LogP contribution is -2.29. The zero-order valence-electron chi connectivity index (χ0n) is 19.7. The van der Waals surface area contributed by atoms with Crippen molar-refractivity contribution in [1.82, 2.24) is 0 Å². The maximum absolute atomic E-state index is 13.9. The Labute approximate surface area is 219 Å². The van der Waals surface area contributed by atoms with Crippen LogP contribution < -0.4 is 10.6 Å². The Morgan fingerprint density at radius 3 is 2.05 bits per heavy atom. The van der Waals surface area contributed by atoms with Crippen molar-refractivity contribution < 1.29 is 45.1 Å². The zero-order chi connectivity index (χ0) is 28.9. The van der Waals surface area contributed by atoms with E-state index in [-0.39, 0.29) is 22.0 Å². The van der Waals surface area contributed by atoms with Gasteiger partial charge in [-0.15, -0.1) is 0 Å². The highest BCUT2D eigenvalue weighted by Crippen LogP contribution is 2.36. The number of rotatable bonds is 7. The van der Waals surface area contributed by atoms with Gasteiger partial charge in [-0.05, 0) is 37.1 Å². The van der Waals surface area contributed by atoms with Crippen LogP contribution in [-0.2, 0) is 14.6 Å². The van der Waals surface area contributed by atoms with Crippen LogP contribution in [0.1, 0.15) is 29.3 Å². The van der Waals surface area contributed by atoms with Gasteiger partial charge >= 0.3 is 0 Å². The summed E-state index contributed by atoms with van der Waals surface area (Å²) in [5.41, 5.74) is -1.64. The molecule has 204 valence electrons. The zero-order valence-corrected chi connectivity index (χ0v) is 21.3. The molecule has 3 aromatic carbocycles. The third-order valence-corrected chi connectivity index (χ3v) is 7.57. The first-order valence-corrected chi connectivity index (χ1v) is 12.4. The van der Waals surface area contributed by atoms with Gasteiger partial charge in [-0.25, -0.2) is 30.4 Å². The molecule has 0 heterocycles. The average molecular weight is 579 g/mol. The third-order valence-electron chi connectivity index (χ3n) is 5.15. The Kier molecular flexibility index (Phi) is 9.81. The minimum absolute atomic E-state index is 0.0499. The number of halogens is 6. The van der Waals surface area contributed by atoms with Crippen LogP contribution in [0, 0.1) is 36.0 Å². The highest BCUT2D eigenvalue weighted by molar-refractivity contribution is 7.92. The monoisotopic (exact) mass is 578 g/mol. The minimum Gasteiger partial charge on any atom is -0.506 e. The quantitative estimate of drug-likeness (QED) is 0.143. The highest BCUT2D eigenvalue weighted by atomic mass is 35.5. The van der Waals surface area contributed by atoms with Gasteiger partial charge < -0.3 is 20.5 Å². The van der Waals surface area contributed by atoms with Crippen LogP contribution in [0.4, 0.5) is 33.3 Å². The summed E-state index contributed by atoms with van der Waals surface area (Å²) in [6.07, 6.45) is 0.0894. The van der Waals surface area contributed by atoms with Gasteiger partial charge in [-0.1, -0.05) is 30.7 Å². The van der Waals surface area contributed by atoms with Crippen molar-refractivity contribution in [2.24, 2.45) is 0 Å². The molecule has 0 aliphatic heterocycles. The minimum atomic E-state index is -3.89. The van der Waals surface area contributed by atoms with Crippen LogP contribution in [0.3, 0.4) is 0 Å². The van der Waals surface area contributed by atoms with Crippen molar-refractivity contribution in [1.29, 1.82) is 0 Å². The number of carbonyl (C=O) groups excluding carboxylic acids is 2. The maximum atomic E-state index is 13.9. The van der Waals surface area contributed by atoms with Crippen molar-refractivity contribution in [2.45, 2.75) is 30.5 Å². The van der Waals surface area contributed by atoms with Crippen molar-refractivity contribution in [2.75, 3.05) is 10.6 Å². The number of sulfone groups is 1. The molecule has 3 rings (SSSR count). The third kappa shape index (κ3) is 6.05. The van der Waals surface area contributed by atoms with E-state index in [0.717, 1.165) is 17.7 Å². The molecular formula is C24H20ClF5N2O5S. The molecule has 7 nitrogen and oxygen atoms in total. The summed E-state index contributed by atoms with van der Waals surface area (Å²) in [6, 6.07) is 8.05. The van der Waals surface area contributed by atoms with Gasteiger partial charge in [0.15, 0.2) is 33.1 Å². The second-order valence-corrected chi connectivity index (χ2v) is 10.2. The second kappa shape index (κ2) is 12.2. The summed E-state index contributed by atoms with van der Waals surface area (Å²) >= 11 is 6.15. The number of carbonyl (C=O) groups is 2. The van der Waals surface area contributed by atoms with Gasteiger partial charge in [0.05, 0.1) is 21.3 Å². The average Bonchev–Trinajstić information content (AvgIpc) is 2.88. The predicted octanol–water partition coefficient (Wildman–Crippen LogP) is 5.74. The number of anilines is 2. The van der Waals surface area contributed by atoms with Gasteiger partial charge in [0, 0.05) is 6.07 Å². The molecule has 0 radical (unpaired) electrons. The fraction of sp³-hybridized carbons (Fsp3) is 0.167. The van der Waals surface area contributed by atoms with E-state index >= 15 is 0 Å². The number of benzene rings is 3. The van der Waals surface area contributed by atoms with Crippen molar-refractivity contribution >= 4 is 45.5 Å². The largest absolute Gasteiger partial charge is 0.506 e. The van der Waals surface area contributed by atoms with Crippen molar-refractivity contribution in [3.8, 4) is 5.75 Å². The van der Waals surface area contributed by atoms with Crippen molar-refractivity contribution in [3.63, 3.8) is 0 Å².